The number of benzene rings is 1. The lowest BCUT2D eigenvalue weighted by Crippen LogP contribution is -2.14. The molecule has 1 heterocycles. The molecule has 2 aromatic rings. The molecular formula is C13H11F3N2O2. The molecule has 0 radical (unpaired) electrons. The molecule has 1 aromatic heterocycles. The molecule has 0 spiro atoms. The highest BCUT2D eigenvalue weighted by atomic mass is 19.4. The van der Waals surface area contributed by atoms with Crippen LogP contribution in [0, 0.1) is 0 Å². The SMILES string of the molecule is CCc1nccn1-c1ccc(C(F)(F)F)c(C(=O)O)c1. The fraction of sp³-hybridized carbons (Fsp3) is 0.231. The molecule has 0 bridgehead atoms. The van der Waals surface area contributed by atoms with E-state index in [0.29, 0.717) is 17.9 Å². The van der Waals surface area contributed by atoms with Gasteiger partial charge in [-0.2, -0.15) is 13.2 Å². The summed E-state index contributed by atoms with van der Waals surface area (Å²) in [5, 5.41) is 8.95. The van der Waals surface area contributed by atoms with Crippen molar-refractivity contribution in [3.05, 3.63) is 47.5 Å². The standard InChI is InChI=1S/C13H11F3N2O2/c1-2-11-17-5-6-18(11)8-3-4-10(13(14,15)16)9(7-8)12(19)20/h3-7H,2H2,1H3,(H,19,20). The second kappa shape index (κ2) is 4.99. The number of aromatic carboxylic acids is 1. The third-order valence-corrected chi connectivity index (χ3v) is 2.85. The van der Waals surface area contributed by atoms with Crippen molar-refractivity contribution in [2.24, 2.45) is 0 Å². The fourth-order valence-corrected chi connectivity index (χ4v) is 1.94. The fourth-order valence-electron chi connectivity index (χ4n) is 1.94. The predicted octanol–water partition coefficient (Wildman–Crippen LogP) is 3.15. The lowest BCUT2D eigenvalue weighted by molar-refractivity contribution is -0.138. The van der Waals surface area contributed by atoms with Crippen LogP contribution in [-0.4, -0.2) is 20.6 Å². The Bertz CT molecular complexity index is 647. The molecule has 2 rings (SSSR count). The smallest absolute Gasteiger partial charge is 0.417 e. The number of carbonyl (C=O) groups is 1. The van der Waals surface area contributed by atoms with Crippen molar-refractivity contribution >= 4 is 5.97 Å². The summed E-state index contributed by atoms with van der Waals surface area (Å²) in [5.41, 5.74) is -1.59. The van der Waals surface area contributed by atoms with E-state index >= 15 is 0 Å². The van der Waals surface area contributed by atoms with Gasteiger partial charge in [-0.05, 0) is 18.2 Å². The summed E-state index contributed by atoms with van der Waals surface area (Å²) < 4.78 is 39.8. The van der Waals surface area contributed by atoms with Crippen LogP contribution >= 0.6 is 0 Å². The lowest BCUT2D eigenvalue weighted by Gasteiger charge is -2.13. The zero-order chi connectivity index (χ0) is 14.9. The summed E-state index contributed by atoms with van der Waals surface area (Å²) in [4.78, 5) is 15.1. The Morgan fingerprint density at radius 1 is 1.40 bits per heavy atom. The van der Waals surface area contributed by atoms with Gasteiger partial charge in [0.1, 0.15) is 5.82 Å². The third-order valence-electron chi connectivity index (χ3n) is 2.85. The number of hydrogen-bond donors (Lipinski definition) is 1. The average molecular weight is 284 g/mol. The number of alkyl halides is 3. The summed E-state index contributed by atoms with van der Waals surface area (Å²) in [6.45, 7) is 1.85. The van der Waals surface area contributed by atoms with Gasteiger partial charge in [0.05, 0.1) is 11.1 Å². The van der Waals surface area contributed by atoms with E-state index in [0.717, 1.165) is 12.1 Å². The number of aromatic nitrogens is 2. The first kappa shape index (κ1) is 14.1. The minimum Gasteiger partial charge on any atom is -0.478 e. The van der Waals surface area contributed by atoms with Crippen LogP contribution in [0.4, 0.5) is 13.2 Å². The molecule has 7 heteroatoms. The Morgan fingerprint density at radius 3 is 2.65 bits per heavy atom. The number of nitrogens with zero attached hydrogens (tertiary/aromatic N) is 2. The van der Waals surface area contributed by atoms with E-state index in [1.807, 2.05) is 6.92 Å². The first-order valence-corrected chi connectivity index (χ1v) is 5.81. The van der Waals surface area contributed by atoms with E-state index in [9.17, 15) is 18.0 Å². The van der Waals surface area contributed by atoms with Crippen LogP contribution in [0.3, 0.4) is 0 Å². The second-order valence-corrected chi connectivity index (χ2v) is 4.10. The van der Waals surface area contributed by atoms with Gasteiger partial charge < -0.3 is 9.67 Å². The quantitative estimate of drug-likeness (QED) is 0.942. The molecule has 106 valence electrons. The Labute approximate surface area is 112 Å². The van der Waals surface area contributed by atoms with Gasteiger partial charge in [0, 0.05) is 24.5 Å². The summed E-state index contributed by atoms with van der Waals surface area (Å²) in [5.74, 6) is -0.974. The number of carboxylic acids is 1. The van der Waals surface area contributed by atoms with Gasteiger partial charge in [0.25, 0.3) is 0 Å². The third kappa shape index (κ3) is 2.52. The molecule has 4 nitrogen and oxygen atoms in total. The van der Waals surface area contributed by atoms with Crippen molar-refractivity contribution in [2.75, 3.05) is 0 Å². The van der Waals surface area contributed by atoms with Crippen LogP contribution in [0.25, 0.3) is 5.69 Å². The lowest BCUT2D eigenvalue weighted by atomic mass is 10.1. The van der Waals surface area contributed by atoms with Gasteiger partial charge in [-0.25, -0.2) is 9.78 Å². The van der Waals surface area contributed by atoms with E-state index in [2.05, 4.69) is 4.98 Å². The molecular weight excluding hydrogens is 273 g/mol. The molecule has 0 amide bonds. The molecule has 0 fully saturated rings. The van der Waals surface area contributed by atoms with Crippen molar-refractivity contribution in [1.82, 2.24) is 9.55 Å². The Kier molecular flexibility index (Phi) is 3.52. The Morgan fingerprint density at radius 2 is 2.10 bits per heavy atom. The number of hydrogen-bond acceptors (Lipinski definition) is 2. The largest absolute Gasteiger partial charge is 0.478 e. The maximum Gasteiger partial charge on any atom is 0.417 e. The monoisotopic (exact) mass is 284 g/mol. The van der Waals surface area contributed by atoms with Crippen LogP contribution in [0.2, 0.25) is 0 Å². The van der Waals surface area contributed by atoms with Crippen LogP contribution in [0.1, 0.15) is 28.7 Å². The van der Waals surface area contributed by atoms with E-state index in [-0.39, 0.29) is 0 Å². The normalized spacial score (nSPS) is 11.6. The van der Waals surface area contributed by atoms with Crippen molar-refractivity contribution in [3.8, 4) is 5.69 Å². The summed E-state index contributed by atoms with van der Waals surface area (Å²) in [6.07, 6.45) is -1.03. The van der Waals surface area contributed by atoms with E-state index in [1.54, 1.807) is 10.8 Å². The van der Waals surface area contributed by atoms with Gasteiger partial charge in [-0.15, -0.1) is 0 Å². The number of aryl methyl sites for hydroxylation is 1. The molecule has 0 saturated carbocycles. The highest BCUT2D eigenvalue weighted by Crippen LogP contribution is 2.33. The summed E-state index contributed by atoms with van der Waals surface area (Å²) in [7, 11) is 0. The average Bonchev–Trinajstić information content (AvgIpc) is 2.85. The number of halogens is 3. The van der Waals surface area contributed by atoms with Gasteiger partial charge >= 0.3 is 12.1 Å². The number of imidazole rings is 1. The molecule has 0 saturated heterocycles. The van der Waals surface area contributed by atoms with Crippen molar-refractivity contribution in [2.45, 2.75) is 19.5 Å². The molecule has 1 N–H and O–H groups in total. The minimum absolute atomic E-state index is 0.338. The molecule has 0 aliphatic carbocycles. The van der Waals surface area contributed by atoms with E-state index in [4.69, 9.17) is 5.11 Å². The molecule has 1 aromatic carbocycles. The Balaban J connectivity index is 2.59. The predicted molar refractivity (Wildman–Crippen MR) is 64.9 cm³/mol. The summed E-state index contributed by atoms with van der Waals surface area (Å²) in [6, 6.07) is 3.01. The highest BCUT2D eigenvalue weighted by molar-refractivity contribution is 5.90. The molecule has 0 atom stereocenters. The Hall–Kier alpha value is -2.31. The van der Waals surface area contributed by atoms with E-state index < -0.39 is 23.3 Å². The van der Waals surface area contributed by atoms with Gasteiger partial charge in [-0.1, -0.05) is 6.92 Å². The first-order chi connectivity index (χ1) is 9.34. The van der Waals surface area contributed by atoms with Crippen LogP contribution in [0.15, 0.2) is 30.6 Å². The number of carboxylic acid groups (broad SMARTS) is 1. The van der Waals surface area contributed by atoms with Crippen LogP contribution in [0.5, 0.6) is 0 Å². The first-order valence-electron chi connectivity index (χ1n) is 5.81. The maximum atomic E-state index is 12.7. The van der Waals surface area contributed by atoms with Gasteiger partial charge in [0.2, 0.25) is 0 Å². The zero-order valence-electron chi connectivity index (χ0n) is 10.5. The minimum atomic E-state index is -4.70. The van der Waals surface area contributed by atoms with Crippen molar-refractivity contribution in [1.29, 1.82) is 0 Å². The van der Waals surface area contributed by atoms with Gasteiger partial charge in [0.15, 0.2) is 0 Å². The summed E-state index contributed by atoms with van der Waals surface area (Å²) >= 11 is 0. The zero-order valence-corrected chi connectivity index (χ0v) is 10.5. The van der Waals surface area contributed by atoms with Crippen LogP contribution < -0.4 is 0 Å². The van der Waals surface area contributed by atoms with Gasteiger partial charge in [-0.3, -0.25) is 0 Å². The molecule has 20 heavy (non-hydrogen) atoms. The topological polar surface area (TPSA) is 55.1 Å². The van der Waals surface area contributed by atoms with E-state index in [1.165, 1.54) is 12.3 Å². The highest BCUT2D eigenvalue weighted by Gasteiger charge is 2.35. The van der Waals surface area contributed by atoms with Crippen LogP contribution in [-0.2, 0) is 12.6 Å². The molecule has 0 unspecified atom stereocenters. The maximum absolute atomic E-state index is 12.7. The molecule has 0 aliphatic heterocycles. The van der Waals surface area contributed by atoms with Crippen molar-refractivity contribution in [3.63, 3.8) is 0 Å². The van der Waals surface area contributed by atoms with Crippen molar-refractivity contribution < 1.29 is 23.1 Å². The second-order valence-electron chi connectivity index (χ2n) is 4.10. The number of rotatable bonds is 3. The molecule has 0 aliphatic rings.